The van der Waals surface area contributed by atoms with Crippen LogP contribution in [0.2, 0.25) is 0 Å². The Morgan fingerprint density at radius 1 is 1.47 bits per heavy atom. The van der Waals surface area contributed by atoms with Crippen LogP contribution in [0.15, 0.2) is 0 Å². The standard InChI is InChI=1S/C7H14BO6P/c1-2-11-3-4-5-6(7(8)12-4)14-15(9,10)13-5/h4-7H,2-3,8H2,1H3,(H,9,10)/t4-,5?,6?,7-/m1/s1. The molecular weight excluding hydrogens is 222 g/mol. The lowest BCUT2D eigenvalue weighted by atomic mass is 9.93. The van der Waals surface area contributed by atoms with Crippen molar-refractivity contribution in [2.75, 3.05) is 13.2 Å². The second kappa shape index (κ2) is 4.16. The largest absolute Gasteiger partial charge is 0.473 e. The van der Waals surface area contributed by atoms with Gasteiger partial charge < -0.3 is 14.4 Å². The van der Waals surface area contributed by atoms with Crippen LogP contribution < -0.4 is 0 Å². The van der Waals surface area contributed by atoms with Gasteiger partial charge in [-0.1, -0.05) is 0 Å². The van der Waals surface area contributed by atoms with Crippen molar-refractivity contribution < 1.29 is 28.0 Å². The highest BCUT2D eigenvalue weighted by Gasteiger charge is 2.55. The Morgan fingerprint density at radius 2 is 2.13 bits per heavy atom. The van der Waals surface area contributed by atoms with Gasteiger partial charge in [0, 0.05) is 6.61 Å². The van der Waals surface area contributed by atoms with Gasteiger partial charge >= 0.3 is 7.82 Å². The molecule has 8 heteroatoms. The minimum absolute atomic E-state index is 0.247. The van der Waals surface area contributed by atoms with E-state index >= 15 is 0 Å². The van der Waals surface area contributed by atoms with Gasteiger partial charge in [0.25, 0.3) is 0 Å². The third kappa shape index (κ3) is 2.28. The summed E-state index contributed by atoms with van der Waals surface area (Å²) in [6.07, 6.45) is -1.29. The fourth-order valence-electron chi connectivity index (χ4n) is 1.88. The van der Waals surface area contributed by atoms with Crippen LogP contribution in [0.1, 0.15) is 6.92 Å². The molecule has 86 valence electrons. The summed E-state index contributed by atoms with van der Waals surface area (Å²) in [5.74, 6) is 0. The average Bonchev–Trinajstić information content (AvgIpc) is 2.60. The number of ether oxygens (including phenoxy) is 2. The minimum atomic E-state index is -3.86. The van der Waals surface area contributed by atoms with Crippen LogP contribution >= 0.6 is 7.82 Å². The van der Waals surface area contributed by atoms with Gasteiger partial charge in [-0.3, -0.25) is 9.05 Å². The summed E-state index contributed by atoms with van der Waals surface area (Å²) in [4.78, 5) is 9.18. The first kappa shape index (κ1) is 11.6. The zero-order valence-electron chi connectivity index (χ0n) is 8.66. The van der Waals surface area contributed by atoms with Gasteiger partial charge in [0.1, 0.15) is 26.2 Å². The van der Waals surface area contributed by atoms with Crippen molar-refractivity contribution in [2.45, 2.75) is 31.2 Å². The molecule has 0 aliphatic carbocycles. The van der Waals surface area contributed by atoms with Crippen molar-refractivity contribution in [1.29, 1.82) is 0 Å². The van der Waals surface area contributed by atoms with Crippen LogP contribution in [0.5, 0.6) is 0 Å². The maximum absolute atomic E-state index is 11.2. The summed E-state index contributed by atoms with van der Waals surface area (Å²) in [6, 6.07) is -0.247. The van der Waals surface area contributed by atoms with Crippen LogP contribution in [-0.4, -0.2) is 50.3 Å². The molecule has 2 saturated heterocycles. The molecule has 2 aliphatic heterocycles. The molecule has 0 aromatic rings. The zero-order valence-corrected chi connectivity index (χ0v) is 9.55. The fourth-order valence-corrected chi connectivity index (χ4v) is 3.10. The van der Waals surface area contributed by atoms with E-state index in [0.717, 1.165) is 0 Å². The van der Waals surface area contributed by atoms with E-state index in [2.05, 4.69) is 0 Å². The molecule has 0 spiro atoms. The molecule has 0 radical (unpaired) electrons. The normalized spacial score (nSPS) is 49.5. The summed E-state index contributed by atoms with van der Waals surface area (Å²) >= 11 is 0. The highest BCUT2D eigenvalue weighted by Crippen LogP contribution is 2.56. The third-order valence-electron chi connectivity index (χ3n) is 2.54. The fraction of sp³-hybridized carbons (Fsp3) is 1.00. The second-order valence-electron chi connectivity index (χ2n) is 3.65. The van der Waals surface area contributed by atoms with Gasteiger partial charge in [-0.15, -0.1) is 0 Å². The van der Waals surface area contributed by atoms with Gasteiger partial charge in [0.2, 0.25) is 0 Å². The maximum atomic E-state index is 11.2. The van der Waals surface area contributed by atoms with E-state index in [1.165, 1.54) is 0 Å². The number of hydrogen-bond acceptors (Lipinski definition) is 5. The average molecular weight is 236 g/mol. The van der Waals surface area contributed by atoms with E-state index in [1.54, 1.807) is 7.85 Å². The van der Waals surface area contributed by atoms with Crippen LogP contribution in [0, 0.1) is 0 Å². The molecule has 0 saturated carbocycles. The van der Waals surface area contributed by atoms with Crippen LogP contribution in [0.3, 0.4) is 0 Å². The first-order valence-electron chi connectivity index (χ1n) is 4.96. The van der Waals surface area contributed by atoms with E-state index in [1.807, 2.05) is 6.92 Å². The molecule has 0 amide bonds. The van der Waals surface area contributed by atoms with E-state index in [9.17, 15) is 9.46 Å². The number of phosphoric acid groups is 1. The lowest BCUT2D eigenvalue weighted by molar-refractivity contribution is -0.0256. The van der Waals surface area contributed by atoms with E-state index in [4.69, 9.17) is 18.5 Å². The lowest BCUT2D eigenvalue weighted by Crippen LogP contribution is -2.32. The molecule has 3 unspecified atom stereocenters. The predicted octanol–water partition coefficient (Wildman–Crippen LogP) is -0.735. The van der Waals surface area contributed by atoms with Gasteiger partial charge in [0.05, 0.1) is 12.6 Å². The zero-order chi connectivity index (χ0) is 11.1. The Labute approximate surface area is 88.9 Å². The Kier molecular flexibility index (Phi) is 3.21. The Hall–Kier alpha value is 0.0949. The Morgan fingerprint density at radius 3 is 2.80 bits per heavy atom. The SMILES string of the molecule is B[C@@H]1O[C@H](COCC)C2OP(=O)(O)OC21. The minimum Gasteiger partial charge on any atom is -0.379 e. The van der Waals surface area contributed by atoms with Gasteiger partial charge in [-0.05, 0) is 6.92 Å². The number of phosphoric ester groups is 1. The van der Waals surface area contributed by atoms with Crippen molar-refractivity contribution in [1.82, 2.24) is 0 Å². The quantitative estimate of drug-likeness (QED) is 0.514. The number of hydrogen-bond donors (Lipinski definition) is 1. The van der Waals surface area contributed by atoms with E-state index in [0.29, 0.717) is 13.2 Å². The smallest absolute Gasteiger partial charge is 0.379 e. The van der Waals surface area contributed by atoms with E-state index < -0.39 is 20.0 Å². The van der Waals surface area contributed by atoms with Crippen molar-refractivity contribution in [3.8, 4) is 0 Å². The van der Waals surface area contributed by atoms with Crippen LogP contribution in [0.4, 0.5) is 0 Å². The summed E-state index contributed by atoms with van der Waals surface area (Å²) in [6.45, 7) is 2.80. The Balaban J connectivity index is 2.02. The lowest BCUT2D eigenvalue weighted by Gasteiger charge is -2.15. The molecular formula is C7H14BO6P. The predicted molar refractivity (Wildman–Crippen MR) is 53.3 cm³/mol. The Bertz CT molecular complexity index is 287. The van der Waals surface area contributed by atoms with Gasteiger partial charge in [0.15, 0.2) is 0 Å². The highest BCUT2D eigenvalue weighted by molar-refractivity contribution is 7.47. The molecule has 0 aromatic carbocycles. The summed E-state index contributed by atoms with van der Waals surface area (Å²) in [5.41, 5.74) is 0. The summed E-state index contributed by atoms with van der Waals surface area (Å²) in [7, 11) is -2.07. The van der Waals surface area contributed by atoms with Crippen molar-refractivity contribution >= 4 is 15.7 Å². The summed E-state index contributed by atoms with van der Waals surface area (Å²) in [5, 5.41) is 0. The first-order chi connectivity index (χ1) is 7.03. The first-order valence-corrected chi connectivity index (χ1v) is 6.46. The molecule has 15 heavy (non-hydrogen) atoms. The van der Waals surface area contributed by atoms with Crippen LogP contribution in [-0.2, 0) is 23.1 Å². The van der Waals surface area contributed by atoms with Gasteiger partial charge in [-0.2, -0.15) is 0 Å². The number of fused-ring (bicyclic) bond motifs is 1. The monoisotopic (exact) mass is 236 g/mol. The molecule has 0 aromatic heterocycles. The van der Waals surface area contributed by atoms with Crippen molar-refractivity contribution in [3.63, 3.8) is 0 Å². The molecule has 2 rings (SSSR count). The molecule has 2 heterocycles. The molecule has 2 aliphatic rings. The van der Waals surface area contributed by atoms with Crippen LogP contribution in [0.25, 0.3) is 0 Å². The van der Waals surface area contributed by atoms with Crippen molar-refractivity contribution in [2.24, 2.45) is 0 Å². The molecule has 6 nitrogen and oxygen atoms in total. The molecule has 5 atom stereocenters. The highest BCUT2D eigenvalue weighted by atomic mass is 31.2. The van der Waals surface area contributed by atoms with Crippen molar-refractivity contribution in [3.05, 3.63) is 0 Å². The maximum Gasteiger partial charge on any atom is 0.473 e. The van der Waals surface area contributed by atoms with Gasteiger partial charge in [-0.25, -0.2) is 4.57 Å². The second-order valence-corrected chi connectivity index (χ2v) is 5.01. The molecule has 2 fully saturated rings. The van der Waals surface area contributed by atoms with E-state index in [-0.39, 0.29) is 12.1 Å². The third-order valence-corrected chi connectivity index (χ3v) is 3.56. The topological polar surface area (TPSA) is 74.2 Å². The summed E-state index contributed by atoms with van der Waals surface area (Å²) < 4.78 is 31.8. The molecule has 0 bridgehead atoms. The number of rotatable bonds is 3. The molecule has 1 N–H and O–H groups in total.